The highest BCUT2D eigenvalue weighted by Gasteiger charge is 2.32. The van der Waals surface area contributed by atoms with Crippen molar-refractivity contribution in [3.05, 3.63) is 0 Å². The molecule has 3 N–H and O–H groups in total. The van der Waals surface area contributed by atoms with Crippen molar-refractivity contribution in [1.82, 2.24) is 9.80 Å². The minimum Gasteiger partial charge on any atom is -0.480 e. The van der Waals surface area contributed by atoms with E-state index in [0.717, 1.165) is 0 Å². The maximum Gasteiger partial charge on any atom is 0.317 e. The van der Waals surface area contributed by atoms with Gasteiger partial charge in [0.05, 0.1) is 12.6 Å². The number of carbonyl (C=O) groups excluding carboxylic acids is 1. The summed E-state index contributed by atoms with van der Waals surface area (Å²) in [7, 11) is 0. The average molecular weight is 257 g/mol. The summed E-state index contributed by atoms with van der Waals surface area (Å²) >= 11 is 0. The van der Waals surface area contributed by atoms with Crippen molar-refractivity contribution >= 4 is 11.9 Å². The molecule has 0 aromatic carbocycles. The third-order valence-corrected chi connectivity index (χ3v) is 3.24. The fraction of sp³-hybridized carbons (Fsp3) is 0.833. The largest absolute Gasteiger partial charge is 0.480 e. The van der Waals surface area contributed by atoms with E-state index in [4.69, 9.17) is 10.8 Å². The first-order valence-corrected chi connectivity index (χ1v) is 6.20. The Kier molecular flexibility index (Phi) is 4.70. The molecule has 1 amide bonds. The van der Waals surface area contributed by atoms with Crippen molar-refractivity contribution in [3.8, 4) is 0 Å². The van der Waals surface area contributed by atoms with E-state index in [1.165, 1.54) is 0 Å². The van der Waals surface area contributed by atoms with Crippen LogP contribution in [0.25, 0.3) is 0 Å². The molecule has 18 heavy (non-hydrogen) atoms. The van der Waals surface area contributed by atoms with Gasteiger partial charge in [-0.2, -0.15) is 0 Å². The maximum atomic E-state index is 12.1. The molecule has 0 spiro atoms. The molecule has 1 fully saturated rings. The molecule has 1 aliphatic heterocycles. The van der Waals surface area contributed by atoms with Gasteiger partial charge in [-0.1, -0.05) is 20.8 Å². The van der Waals surface area contributed by atoms with E-state index >= 15 is 0 Å². The SMILES string of the molecule is CC(C)(C)C(N)C(=O)N1CCN(CC(=O)O)CC1. The summed E-state index contributed by atoms with van der Waals surface area (Å²) in [5, 5.41) is 8.69. The van der Waals surface area contributed by atoms with Crippen LogP contribution >= 0.6 is 0 Å². The van der Waals surface area contributed by atoms with Crippen molar-refractivity contribution < 1.29 is 14.7 Å². The van der Waals surface area contributed by atoms with Crippen LogP contribution in [0.2, 0.25) is 0 Å². The predicted octanol–water partition coefficient (Wildman–Crippen LogP) is -0.411. The van der Waals surface area contributed by atoms with E-state index in [1.807, 2.05) is 25.7 Å². The Hall–Kier alpha value is -1.14. The van der Waals surface area contributed by atoms with Gasteiger partial charge in [0.25, 0.3) is 0 Å². The molecule has 1 atom stereocenters. The van der Waals surface area contributed by atoms with Crippen molar-refractivity contribution in [2.45, 2.75) is 26.8 Å². The van der Waals surface area contributed by atoms with Crippen LogP contribution in [0.15, 0.2) is 0 Å². The van der Waals surface area contributed by atoms with Crippen LogP contribution in [0, 0.1) is 5.41 Å². The fourth-order valence-electron chi connectivity index (χ4n) is 1.88. The van der Waals surface area contributed by atoms with Crippen LogP contribution in [-0.4, -0.2) is 65.5 Å². The smallest absolute Gasteiger partial charge is 0.317 e. The van der Waals surface area contributed by atoms with Gasteiger partial charge >= 0.3 is 5.97 Å². The number of hydrogen-bond acceptors (Lipinski definition) is 4. The number of amides is 1. The molecule has 0 bridgehead atoms. The first-order chi connectivity index (χ1) is 8.21. The number of hydrogen-bond donors (Lipinski definition) is 2. The molecule has 0 aliphatic carbocycles. The monoisotopic (exact) mass is 257 g/mol. The van der Waals surface area contributed by atoms with Crippen LogP contribution in [0.3, 0.4) is 0 Å². The van der Waals surface area contributed by atoms with E-state index in [1.54, 1.807) is 4.90 Å². The zero-order valence-corrected chi connectivity index (χ0v) is 11.3. The lowest BCUT2D eigenvalue weighted by molar-refractivity contribution is -0.140. The van der Waals surface area contributed by atoms with Gasteiger partial charge in [0, 0.05) is 26.2 Å². The summed E-state index contributed by atoms with van der Waals surface area (Å²) in [6.07, 6.45) is 0. The van der Waals surface area contributed by atoms with Gasteiger partial charge in [0.15, 0.2) is 0 Å². The van der Waals surface area contributed by atoms with E-state index in [9.17, 15) is 9.59 Å². The summed E-state index contributed by atoms with van der Waals surface area (Å²) < 4.78 is 0. The number of nitrogens with zero attached hydrogens (tertiary/aromatic N) is 2. The van der Waals surface area contributed by atoms with Crippen molar-refractivity contribution in [2.75, 3.05) is 32.7 Å². The third-order valence-electron chi connectivity index (χ3n) is 3.24. The van der Waals surface area contributed by atoms with Crippen molar-refractivity contribution in [3.63, 3.8) is 0 Å². The number of carbonyl (C=O) groups is 2. The van der Waals surface area contributed by atoms with Gasteiger partial charge in [0.1, 0.15) is 0 Å². The highest BCUT2D eigenvalue weighted by atomic mass is 16.4. The first-order valence-electron chi connectivity index (χ1n) is 6.20. The predicted molar refractivity (Wildman–Crippen MR) is 68.1 cm³/mol. The molecule has 1 aliphatic rings. The van der Waals surface area contributed by atoms with Crippen LogP contribution in [0.1, 0.15) is 20.8 Å². The third kappa shape index (κ3) is 3.96. The highest BCUT2D eigenvalue weighted by molar-refractivity contribution is 5.82. The molecule has 0 aromatic rings. The summed E-state index contributed by atoms with van der Waals surface area (Å²) in [5.41, 5.74) is 5.69. The van der Waals surface area contributed by atoms with Crippen molar-refractivity contribution in [2.24, 2.45) is 11.1 Å². The molecule has 0 radical (unpaired) electrons. The van der Waals surface area contributed by atoms with Gasteiger partial charge in [-0.05, 0) is 5.41 Å². The molecular weight excluding hydrogens is 234 g/mol. The van der Waals surface area contributed by atoms with E-state index in [-0.39, 0.29) is 17.9 Å². The minimum absolute atomic E-state index is 0.0351. The van der Waals surface area contributed by atoms with Crippen LogP contribution in [0.4, 0.5) is 0 Å². The van der Waals surface area contributed by atoms with Crippen LogP contribution in [0.5, 0.6) is 0 Å². The number of aliphatic carboxylic acids is 1. The summed E-state index contributed by atoms with van der Waals surface area (Å²) in [6.45, 7) is 8.14. The maximum absolute atomic E-state index is 12.1. The fourth-order valence-corrected chi connectivity index (χ4v) is 1.88. The lowest BCUT2D eigenvalue weighted by atomic mass is 9.86. The Balaban J connectivity index is 2.48. The minimum atomic E-state index is -0.832. The Bertz CT molecular complexity index is 317. The highest BCUT2D eigenvalue weighted by Crippen LogP contribution is 2.19. The number of carboxylic acids is 1. The summed E-state index contributed by atoms with van der Waals surface area (Å²) in [4.78, 5) is 26.3. The second-order valence-corrected chi connectivity index (χ2v) is 5.84. The van der Waals surface area contributed by atoms with Gasteiger partial charge < -0.3 is 15.7 Å². The summed E-state index contributed by atoms with van der Waals surface area (Å²) in [6, 6.07) is -0.511. The van der Waals surface area contributed by atoms with E-state index in [0.29, 0.717) is 26.2 Å². The number of piperazine rings is 1. The van der Waals surface area contributed by atoms with Crippen LogP contribution in [-0.2, 0) is 9.59 Å². The van der Waals surface area contributed by atoms with E-state index < -0.39 is 12.0 Å². The Morgan fingerprint density at radius 2 is 1.72 bits per heavy atom. The lowest BCUT2D eigenvalue weighted by Gasteiger charge is -2.37. The molecular formula is C12H23N3O3. The first kappa shape index (κ1) is 14.9. The Labute approximate surface area is 108 Å². The lowest BCUT2D eigenvalue weighted by Crippen LogP contribution is -2.56. The van der Waals surface area contributed by atoms with Crippen molar-refractivity contribution in [1.29, 1.82) is 0 Å². The topological polar surface area (TPSA) is 86.9 Å². The molecule has 1 rings (SSSR count). The second kappa shape index (κ2) is 5.67. The van der Waals surface area contributed by atoms with Gasteiger partial charge in [-0.25, -0.2) is 0 Å². The molecule has 0 aromatic heterocycles. The number of carboxylic acid groups (broad SMARTS) is 1. The van der Waals surface area contributed by atoms with Crippen LogP contribution < -0.4 is 5.73 Å². The molecule has 6 nitrogen and oxygen atoms in total. The normalized spacial score (nSPS) is 19.7. The quantitative estimate of drug-likeness (QED) is 0.717. The van der Waals surface area contributed by atoms with Gasteiger partial charge in [0.2, 0.25) is 5.91 Å². The van der Waals surface area contributed by atoms with Gasteiger partial charge in [-0.15, -0.1) is 0 Å². The molecule has 1 unspecified atom stereocenters. The molecule has 1 heterocycles. The van der Waals surface area contributed by atoms with Gasteiger partial charge in [-0.3, -0.25) is 14.5 Å². The summed E-state index contributed by atoms with van der Waals surface area (Å²) in [5.74, 6) is -0.876. The molecule has 6 heteroatoms. The molecule has 0 saturated carbocycles. The molecule has 1 saturated heterocycles. The zero-order valence-electron chi connectivity index (χ0n) is 11.3. The number of nitrogens with two attached hydrogens (primary N) is 1. The Morgan fingerprint density at radius 1 is 1.22 bits per heavy atom. The zero-order chi connectivity index (χ0) is 13.9. The standard InChI is InChI=1S/C12H23N3O3/c1-12(2,3)10(13)11(18)15-6-4-14(5-7-15)8-9(16)17/h10H,4-8,13H2,1-3H3,(H,16,17). The Morgan fingerprint density at radius 3 is 2.11 bits per heavy atom. The number of rotatable bonds is 3. The second-order valence-electron chi connectivity index (χ2n) is 5.84. The van der Waals surface area contributed by atoms with E-state index in [2.05, 4.69) is 0 Å². The average Bonchev–Trinajstić information content (AvgIpc) is 2.26. The molecule has 104 valence electrons.